The average molecular weight is 399 g/mol. The molecule has 4 rings (SSSR count). The Bertz CT molecular complexity index is 921. The van der Waals surface area contributed by atoms with Gasteiger partial charge in [-0.05, 0) is 57.8 Å². The third-order valence-corrected chi connectivity index (χ3v) is 6.02. The number of aromatic nitrogens is 3. The van der Waals surface area contributed by atoms with Crippen molar-refractivity contribution in [3.05, 3.63) is 28.7 Å². The molecule has 0 spiro atoms. The molecule has 0 aliphatic carbocycles. The van der Waals surface area contributed by atoms with E-state index in [4.69, 9.17) is 0 Å². The first-order valence-corrected chi connectivity index (χ1v) is 10.8. The number of carbonyl (C=O) groups is 1. The summed E-state index contributed by atoms with van der Waals surface area (Å²) in [5, 5.41) is 3.10. The fourth-order valence-corrected chi connectivity index (χ4v) is 4.43. The molecule has 1 unspecified atom stereocenters. The molecule has 2 aromatic rings. The van der Waals surface area contributed by atoms with Gasteiger partial charge in [-0.3, -0.25) is 14.2 Å². The third-order valence-electron chi connectivity index (χ3n) is 6.02. The van der Waals surface area contributed by atoms with E-state index >= 15 is 0 Å². The van der Waals surface area contributed by atoms with Crippen molar-refractivity contribution in [2.75, 3.05) is 44.2 Å². The number of pyridine rings is 1. The van der Waals surface area contributed by atoms with Gasteiger partial charge in [0.05, 0.1) is 5.92 Å². The van der Waals surface area contributed by atoms with E-state index in [0.717, 1.165) is 39.0 Å². The SMILES string of the molecule is CCn1c(=O)c(N2CCCC(C(=O)NCCN3CCCC3)C2)nc2cccnc21. The number of nitrogens with one attached hydrogen (secondary N) is 1. The number of carbonyl (C=O) groups excluding carboxylic acids is 1. The van der Waals surface area contributed by atoms with E-state index in [1.165, 1.54) is 12.8 Å². The van der Waals surface area contributed by atoms with Gasteiger partial charge in [0, 0.05) is 38.9 Å². The summed E-state index contributed by atoms with van der Waals surface area (Å²) in [5.41, 5.74) is 1.19. The fourth-order valence-electron chi connectivity index (χ4n) is 4.43. The first-order chi connectivity index (χ1) is 14.2. The molecule has 0 radical (unpaired) electrons. The van der Waals surface area contributed by atoms with E-state index in [-0.39, 0.29) is 17.4 Å². The Labute approximate surface area is 170 Å². The number of likely N-dealkylation sites (tertiary alicyclic amines) is 1. The van der Waals surface area contributed by atoms with Gasteiger partial charge >= 0.3 is 0 Å². The average Bonchev–Trinajstić information content (AvgIpc) is 3.27. The van der Waals surface area contributed by atoms with Crippen LogP contribution in [0.2, 0.25) is 0 Å². The van der Waals surface area contributed by atoms with Crippen molar-refractivity contribution in [2.24, 2.45) is 5.92 Å². The van der Waals surface area contributed by atoms with Crippen LogP contribution in [0.15, 0.2) is 23.1 Å². The lowest BCUT2D eigenvalue weighted by atomic mass is 9.97. The highest BCUT2D eigenvalue weighted by Crippen LogP contribution is 2.21. The van der Waals surface area contributed by atoms with E-state index in [0.29, 0.717) is 36.6 Å². The van der Waals surface area contributed by atoms with Gasteiger partial charge in [-0.15, -0.1) is 0 Å². The Kier molecular flexibility index (Phi) is 6.08. The molecule has 156 valence electrons. The van der Waals surface area contributed by atoms with Gasteiger partial charge in [-0.25, -0.2) is 9.97 Å². The maximum atomic E-state index is 13.0. The van der Waals surface area contributed by atoms with Gasteiger partial charge in [0.15, 0.2) is 11.5 Å². The summed E-state index contributed by atoms with van der Waals surface area (Å²) < 4.78 is 1.66. The minimum atomic E-state index is -0.131. The molecule has 2 aromatic heterocycles. The highest BCUT2D eigenvalue weighted by molar-refractivity contribution is 5.79. The number of hydrogen-bond donors (Lipinski definition) is 1. The minimum Gasteiger partial charge on any atom is -0.355 e. The zero-order valence-electron chi connectivity index (χ0n) is 17.1. The number of hydrogen-bond acceptors (Lipinski definition) is 6. The minimum absolute atomic E-state index is 0.0900. The number of piperidine rings is 1. The molecule has 2 fully saturated rings. The van der Waals surface area contributed by atoms with Gasteiger partial charge in [0.1, 0.15) is 5.52 Å². The molecule has 2 aliphatic heterocycles. The molecule has 4 heterocycles. The summed E-state index contributed by atoms with van der Waals surface area (Å²) in [4.78, 5) is 39.0. The molecule has 2 saturated heterocycles. The van der Waals surface area contributed by atoms with Gasteiger partial charge in [0.25, 0.3) is 5.56 Å². The number of fused-ring (bicyclic) bond motifs is 1. The summed E-state index contributed by atoms with van der Waals surface area (Å²) in [7, 11) is 0. The normalized spacial score (nSPS) is 20.3. The van der Waals surface area contributed by atoms with Crippen LogP contribution in [0.1, 0.15) is 32.6 Å². The van der Waals surface area contributed by atoms with Crippen molar-refractivity contribution >= 4 is 22.9 Å². The highest BCUT2D eigenvalue weighted by Gasteiger charge is 2.28. The zero-order valence-corrected chi connectivity index (χ0v) is 17.1. The Morgan fingerprint density at radius 2 is 2.07 bits per heavy atom. The van der Waals surface area contributed by atoms with E-state index < -0.39 is 0 Å². The number of rotatable bonds is 6. The maximum absolute atomic E-state index is 13.0. The maximum Gasteiger partial charge on any atom is 0.295 e. The molecule has 29 heavy (non-hydrogen) atoms. The number of aryl methyl sites for hydroxylation is 1. The third kappa shape index (κ3) is 4.27. The second kappa shape index (κ2) is 8.90. The van der Waals surface area contributed by atoms with Crippen molar-refractivity contribution < 1.29 is 4.79 Å². The number of anilines is 1. The molecule has 0 bridgehead atoms. The van der Waals surface area contributed by atoms with Gasteiger partial charge in [-0.1, -0.05) is 0 Å². The molecule has 1 amide bonds. The van der Waals surface area contributed by atoms with Crippen LogP contribution in [0.5, 0.6) is 0 Å². The van der Waals surface area contributed by atoms with Gasteiger partial charge < -0.3 is 15.1 Å². The molecule has 0 aromatic carbocycles. The monoisotopic (exact) mass is 398 g/mol. The van der Waals surface area contributed by atoms with E-state index in [1.807, 2.05) is 24.0 Å². The standard InChI is InChI=1S/C21H30N6O2/c1-2-27-18-17(8-5-9-22-18)24-19(21(27)29)26-13-6-7-16(15-26)20(28)23-10-14-25-11-3-4-12-25/h5,8-9,16H,2-4,6-7,10-15H2,1H3,(H,23,28). The molecule has 2 aliphatic rings. The van der Waals surface area contributed by atoms with Gasteiger partial charge in [-0.2, -0.15) is 0 Å². The summed E-state index contributed by atoms with van der Waals surface area (Å²) in [6.45, 7) is 7.64. The molecule has 1 atom stereocenters. The Morgan fingerprint density at radius 1 is 1.24 bits per heavy atom. The van der Waals surface area contributed by atoms with Crippen LogP contribution < -0.4 is 15.8 Å². The quantitative estimate of drug-likeness (QED) is 0.788. The fraction of sp³-hybridized carbons (Fsp3) is 0.619. The molecule has 0 saturated carbocycles. The van der Waals surface area contributed by atoms with E-state index in [9.17, 15) is 9.59 Å². The predicted molar refractivity (Wildman–Crippen MR) is 113 cm³/mol. The summed E-state index contributed by atoms with van der Waals surface area (Å²) in [5.74, 6) is 0.414. The van der Waals surface area contributed by atoms with Crippen LogP contribution >= 0.6 is 0 Å². The molecular formula is C21H30N6O2. The summed E-state index contributed by atoms with van der Waals surface area (Å²) >= 11 is 0. The molecule has 1 N–H and O–H groups in total. The van der Waals surface area contributed by atoms with Crippen LogP contribution in [0.3, 0.4) is 0 Å². The van der Waals surface area contributed by atoms with Crippen LogP contribution in [-0.4, -0.2) is 64.6 Å². The van der Waals surface area contributed by atoms with Crippen molar-refractivity contribution in [1.82, 2.24) is 24.8 Å². The number of nitrogens with zero attached hydrogens (tertiary/aromatic N) is 5. The predicted octanol–water partition coefficient (Wildman–Crippen LogP) is 1.24. The first-order valence-electron chi connectivity index (χ1n) is 10.8. The van der Waals surface area contributed by atoms with Crippen LogP contribution in [0.4, 0.5) is 5.82 Å². The van der Waals surface area contributed by atoms with E-state index in [2.05, 4.69) is 20.2 Å². The Morgan fingerprint density at radius 3 is 2.86 bits per heavy atom. The smallest absolute Gasteiger partial charge is 0.295 e. The second-order valence-corrected chi connectivity index (χ2v) is 7.96. The first kappa shape index (κ1) is 19.8. The van der Waals surface area contributed by atoms with Crippen molar-refractivity contribution in [1.29, 1.82) is 0 Å². The summed E-state index contributed by atoms with van der Waals surface area (Å²) in [6.07, 6.45) is 5.93. The van der Waals surface area contributed by atoms with Gasteiger partial charge in [0.2, 0.25) is 5.91 Å². The second-order valence-electron chi connectivity index (χ2n) is 7.96. The number of amides is 1. The Hall–Kier alpha value is -2.48. The lowest BCUT2D eigenvalue weighted by Crippen LogP contribution is -2.46. The molecule has 8 heteroatoms. The highest BCUT2D eigenvalue weighted by atomic mass is 16.2. The Balaban J connectivity index is 1.46. The molecular weight excluding hydrogens is 368 g/mol. The summed E-state index contributed by atoms with van der Waals surface area (Å²) in [6, 6.07) is 3.71. The van der Waals surface area contributed by atoms with Crippen molar-refractivity contribution in [3.8, 4) is 0 Å². The lowest BCUT2D eigenvalue weighted by Gasteiger charge is -2.32. The lowest BCUT2D eigenvalue weighted by molar-refractivity contribution is -0.125. The van der Waals surface area contributed by atoms with E-state index in [1.54, 1.807) is 10.8 Å². The zero-order chi connectivity index (χ0) is 20.2. The largest absolute Gasteiger partial charge is 0.355 e. The molecule has 8 nitrogen and oxygen atoms in total. The van der Waals surface area contributed by atoms with Crippen LogP contribution in [-0.2, 0) is 11.3 Å². The topological polar surface area (TPSA) is 83.4 Å². The van der Waals surface area contributed by atoms with Crippen molar-refractivity contribution in [3.63, 3.8) is 0 Å². The van der Waals surface area contributed by atoms with Crippen LogP contribution in [0, 0.1) is 5.92 Å². The van der Waals surface area contributed by atoms with Crippen LogP contribution in [0.25, 0.3) is 11.2 Å². The van der Waals surface area contributed by atoms with Crippen molar-refractivity contribution in [2.45, 2.75) is 39.2 Å².